The van der Waals surface area contributed by atoms with Crippen LogP contribution in [0.25, 0.3) is 0 Å². The molecule has 3 heterocycles. The zero-order valence-corrected chi connectivity index (χ0v) is 12.1. The second-order valence-electron chi connectivity index (χ2n) is 5.07. The molecule has 1 saturated heterocycles. The predicted molar refractivity (Wildman–Crippen MR) is 77.4 cm³/mol. The summed E-state index contributed by atoms with van der Waals surface area (Å²) in [4.78, 5) is 21.6. The number of morpholine rings is 1. The number of ether oxygens (including phenoxy) is 2. The highest BCUT2D eigenvalue weighted by molar-refractivity contribution is 6.18. The third-order valence-corrected chi connectivity index (χ3v) is 3.75. The Bertz CT molecular complexity index is 679. The predicted octanol–water partition coefficient (Wildman–Crippen LogP) is -0.100. The SMILES string of the molecule is CC(=O)N=C1OC=CC12C(N1CCOCC1)=NC(N)=C2C#N. The molecule has 0 aromatic heterocycles. The van der Waals surface area contributed by atoms with Gasteiger partial charge >= 0.3 is 0 Å². The first-order valence-corrected chi connectivity index (χ1v) is 6.86. The van der Waals surface area contributed by atoms with E-state index in [2.05, 4.69) is 16.1 Å². The monoisotopic (exact) mass is 301 g/mol. The van der Waals surface area contributed by atoms with E-state index in [4.69, 9.17) is 15.2 Å². The molecule has 22 heavy (non-hydrogen) atoms. The van der Waals surface area contributed by atoms with Crippen molar-refractivity contribution in [1.82, 2.24) is 4.90 Å². The van der Waals surface area contributed by atoms with Gasteiger partial charge in [0.2, 0.25) is 11.8 Å². The van der Waals surface area contributed by atoms with Gasteiger partial charge in [-0.05, 0) is 6.08 Å². The van der Waals surface area contributed by atoms with Crippen molar-refractivity contribution in [1.29, 1.82) is 5.26 Å². The lowest BCUT2D eigenvalue weighted by atomic mass is 9.80. The van der Waals surface area contributed by atoms with Gasteiger partial charge in [0.15, 0.2) is 5.41 Å². The van der Waals surface area contributed by atoms with Crippen molar-refractivity contribution in [3.8, 4) is 6.07 Å². The maximum Gasteiger partial charge on any atom is 0.245 e. The summed E-state index contributed by atoms with van der Waals surface area (Å²) < 4.78 is 10.7. The van der Waals surface area contributed by atoms with Gasteiger partial charge in [-0.2, -0.15) is 10.3 Å². The average Bonchev–Trinajstić information content (AvgIpc) is 3.02. The molecule has 8 heteroatoms. The molecular formula is C14H15N5O3. The Morgan fingerprint density at radius 2 is 2.27 bits per heavy atom. The van der Waals surface area contributed by atoms with E-state index in [1.807, 2.05) is 4.90 Å². The summed E-state index contributed by atoms with van der Waals surface area (Å²) in [6.07, 6.45) is 3.08. The fourth-order valence-electron chi connectivity index (χ4n) is 2.80. The molecular weight excluding hydrogens is 286 g/mol. The van der Waals surface area contributed by atoms with Crippen LogP contribution in [0.3, 0.4) is 0 Å². The van der Waals surface area contributed by atoms with E-state index in [0.29, 0.717) is 32.1 Å². The van der Waals surface area contributed by atoms with E-state index in [-0.39, 0.29) is 17.3 Å². The van der Waals surface area contributed by atoms with Crippen molar-refractivity contribution >= 4 is 17.6 Å². The number of nitriles is 1. The molecule has 3 aliphatic heterocycles. The molecule has 0 aromatic carbocycles. The number of amidine groups is 1. The van der Waals surface area contributed by atoms with Crippen molar-refractivity contribution in [2.24, 2.45) is 21.1 Å². The molecule has 1 atom stereocenters. The molecule has 0 aromatic rings. The summed E-state index contributed by atoms with van der Waals surface area (Å²) in [6.45, 7) is 3.67. The van der Waals surface area contributed by atoms with Crippen LogP contribution in [0.4, 0.5) is 0 Å². The van der Waals surface area contributed by atoms with Crippen LogP contribution in [-0.2, 0) is 14.3 Å². The Balaban J connectivity index is 2.11. The Morgan fingerprint density at radius 1 is 1.55 bits per heavy atom. The van der Waals surface area contributed by atoms with Gasteiger partial charge in [-0.3, -0.25) is 4.79 Å². The quantitative estimate of drug-likeness (QED) is 0.668. The van der Waals surface area contributed by atoms with Gasteiger partial charge in [0.1, 0.15) is 17.7 Å². The van der Waals surface area contributed by atoms with Gasteiger partial charge in [-0.1, -0.05) is 0 Å². The molecule has 1 spiro atoms. The highest BCUT2D eigenvalue weighted by atomic mass is 16.5. The Hall–Kier alpha value is -2.66. The first-order valence-electron chi connectivity index (χ1n) is 6.86. The summed E-state index contributed by atoms with van der Waals surface area (Å²) in [5.74, 6) is 0.374. The number of carbonyl (C=O) groups is 1. The molecule has 0 aliphatic carbocycles. The van der Waals surface area contributed by atoms with Crippen LogP contribution in [0.15, 0.2) is 33.7 Å². The van der Waals surface area contributed by atoms with E-state index in [1.165, 1.54) is 13.2 Å². The summed E-state index contributed by atoms with van der Waals surface area (Å²) in [5.41, 5.74) is 5.03. The molecule has 0 radical (unpaired) electrons. The largest absolute Gasteiger partial charge is 0.449 e. The minimum absolute atomic E-state index is 0.113. The molecule has 0 saturated carbocycles. The molecule has 3 rings (SSSR count). The Morgan fingerprint density at radius 3 is 2.91 bits per heavy atom. The molecule has 8 nitrogen and oxygen atoms in total. The average molecular weight is 301 g/mol. The van der Waals surface area contributed by atoms with Gasteiger partial charge < -0.3 is 20.1 Å². The molecule has 114 valence electrons. The fraction of sp³-hybridized carbons (Fsp3) is 0.429. The van der Waals surface area contributed by atoms with E-state index >= 15 is 0 Å². The number of hydrogen-bond acceptors (Lipinski definition) is 7. The van der Waals surface area contributed by atoms with Gasteiger partial charge in [0.05, 0.1) is 25.0 Å². The van der Waals surface area contributed by atoms with Crippen LogP contribution < -0.4 is 5.73 Å². The fourth-order valence-corrected chi connectivity index (χ4v) is 2.80. The van der Waals surface area contributed by atoms with Crippen LogP contribution in [-0.4, -0.2) is 48.8 Å². The zero-order valence-electron chi connectivity index (χ0n) is 12.1. The van der Waals surface area contributed by atoms with E-state index in [9.17, 15) is 10.1 Å². The van der Waals surface area contributed by atoms with Gasteiger partial charge in [-0.15, -0.1) is 0 Å². The number of aliphatic imine (C=N–C) groups is 2. The third-order valence-electron chi connectivity index (χ3n) is 3.75. The summed E-state index contributed by atoms with van der Waals surface area (Å²) in [5, 5.41) is 9.50. The van der Waals surface area contributed by atoms with Gasteiger partial charge in [0, 0.05) is 20.0 Å². The Kier molecular flexibility index (Phi) is 3.42. The van der Waals surface area contributed by atoms with Crippen molar-refractivity contribution < 1.29 is 14.3 Å². The van der Waals surface area contributed by atoms with E-state index < -0.39 is 11.3 Å². The molecule has 1 unspecified atom stereocenters. The van der Waals surface area contributed by atoms with Crippen LogP contribution >= 0.6 is 0 Å². The maximum absolute atomic E-state index is 11.4. The van der Waals surface area contributed by atoms with Crippen LogP contribution in [0.1, 0.15) is 6.92 Å². The number of carbonyl (C=O) groups excluding carboxylic acids is 1. The van der Waals surface area contributed by atoms with E-state index in [0.717, 1.165) is 0 Å². The molecule has 0 bridgehead atoms. The van der Waals surface area contributed by atoms with Gasteiger partial charge in [-0.25, -0.2) is 4.99 Å². The van der Waals surface area contributed by atoms with Crippen molar-refractivity contribution in [3.63, 3.8) is 0 Å². The first kappa shape index (κ1) is 14.3. The molecule has 1 amide bonds. The molecule has 2 N–H and O–H groups in total. The van der Waals surface area contributed by atoms with Gasteiger partial charge in [0.25, 0.3) is 0 Å². The number of hydrogen-bond donors (Lipinski definition) is 1. The van der Waals surface area contributed by atoms with Crippen LogP contribution in [0.2, 0.25) is 0 Å². The smallest absolute Gasteiger partial charge is 0.245 e. The summed E-state index contributed by atoms with van der Waals surface area (Å²) >= 11 is 0. The summed E-state index contributed by atoms with van der Waals surface area (Å²) in [7, 11) is 0. The zero-order chi connectivity index (χ0) is 15.7. The normalized spacial score (nSPS) is 29.0. The number of nitrogens with two attached hydrogens (primary N) is 1. The standard InChI is InChI=1S/C14H15N5O3/c1-9(20)17-13-14(2-5-22-13)10(8-15)11(16)18-12(14)19-3-6-21-7-4-19/h2,5H,3-4,6-7,16H2,1H3. The lowest BCUT2D eigenvalue weighted by molar-refractivity contribution is -0.115. The first-order chi connectivity index (χ1) is 10.6. The number of rotatable bonds is 0. The Labute approximate surface area is 127 Å². The minimum atomic E-state index is -1.11. The number of amides is 1. The van der Waals surface area contributed by atoms with Crippen LogP contribution in [0, 0.1) is 16.7 Å². The van der Waals surface area contributed by atoms with Crippen molar-refractivity contribution in [2.45, 2.75) is 6.92 Å². The lowest BCUT2D eigenvalue weighted by Crippen LogP contribution is -2.50. The lowest BCUT2D eigenvalue weighted by Gasteiger charge is -2.35. The van der Waals surface area contributed by atoms with E-state index in [1.54, 1.807) is 6.08 Å². The topological polar surface area (TPSA) is 113 Å². The van der Waals surface area contributed by atoms with Crippen molar-refractivity contribution in [2.75, 3.05) is 26.3 Å². The highest BCUT2D eigenvalue weighted by Crippen LogP contribution is 2.43. The van der Waals surface area contributed by atoms with Crippen LogP contribution in [0.5, 0.6) is 0 Å². The number of nitrogens with zero attached hydrogens (tertiary/aromatic N) is 4. The highest BCUT2D eigenvalue weighted by Gasteiger charge is 2.54. The maximum atomic E-state index is 11.4. The summed E-state index contributed by atoms with van der Waals surface area (Å²) in [6, 6.07) is 2.08. The third kappa shape index (κ3) is 1.98. The molecule has 3 aliphatic rings. The minimum Gasteiger partial charge on any atom is -0.449 e. The van der Waals surface area contributed by atoms with Crippen molar-refractivity contribution in [3.05, 3.63) is 23.7 Å². The molecule has 1 fully saturated rings. The second kappa shape index (κ2) is 5.27. The second-order valence-corrected chi connectivity index (χ2v) is 5.07.